The van der Waals surface area contributed by atoms with Crippen LogP contribution in [0.25, 0.3) is 0 Å². The Hall–Kier alpha value is -1.80. The number of quaternary nitrogens is 1. The molecule has 0 heterocycles. The summed E-state index contributed by atoms with van der Waals surface area (Å²) in [6.45, 7) is 5.54. The van der Waals surface area contributed by atoms with Crippen LogP contribution >= 0.6 is 7.82 Å². The van der Waals surface area contributed by atoms with Gasteiger partial charge in [-0.2, -0.15) is 0 Å². The van der Waals surface area contributed by atoms with E-state index in [0.29, 0.717) is 24.1 Å². The molecular formula is C58H109NO7P+. The van der Waals surface area contributed by atoms with Crippen LogP contribution in [0.15, 0.2) is 60.8 Å². The molecule has 0 saturated carbocycles. The van der Waals surface area contributed by atoms with Crippen molar-refractivity contribution < 1.29 is 37.3 Å². The minimum atomic E-state index is -4.29. The van der Waals surface area contributed by atoms with E-state index in [-0.39, 0.29) is 25.8 Å². The van der Waals surface area contributed by atoms with Gasteiger partial charge in [0, 0.05) is 13.0 Å². The van der Waals surface area contributed by atoms with E-state index >= 15 is 0 Å². The lowest BCUT2D eigenvalue weighted by atomic mass is 10.0. The van der Waals surface area contributed by atoms with Gasteiger partial charge < -0.3 is 18.9 Å². The normalized spacial score (nSPS) is 13.9. The van der Waals surface area contributed by atoms with Crippen LogP contribution in [0.5, 0.6) is 0 Å². The molecule has 0 radical (unpaired) electrons. The van der Waals surface area contributed by atoms with Crippen LogP contribution in [0.4, 0.5) is 0 Å². The van der Waals surface area contributed by atoms with Gasteiger partial charge in [-0.15, -0.1) is 0 Å². The molecule has 0 rings (SSSR count). The van der Waals surface area contributed by atoms with Crippen LogP contribution < -0.4 is 0 Å². The van der Waals surface area contributed by atoms with E-state index in [2.05, 4.69) is 74.6 Å². The van der Waals surface area contributed by atoms with Gasteiger partial charge in [-0.1, -0.05) is 242 Å². The van der Waals surface area contributed by atoms with Gasteiger partial charge in [0.1, 0.15) is 19.3 Å². The van der Waals surface area contributed by atoms with Crippen LogP contribution in [-0.4, -0.2) is 75.6 Å². The van der Waals surface area contributed by atoms with Crippen molar-refractivity contribution in [2.24, 2.45) is 0 Å². The molecule has 0 spiro atoms. The first-order valence-corrected chi connectivity index (χ1v) is 29.5. The van der Waals surface area contributed by atoms with E-state index in [9.17, 15) is 14.3 Å². The Bertz CT molecular complexity index is 1260. The number of hydrogen-bond acceptors (Lipinski definition) is 6. The molecule has 0 aliphatic rings. The Balaban J connectivity index is 4.08. The summed E-state index contributed by atoms with van der Waals surface area (Å²) in [5.41, 5.74) is 0. The number of carbonyl (C=O) groups is 1. The lowest BCUT2D eigenvalue weighted by molar-refractivity contribution is -0.870. The van der Waals surface area contributed by atoms with Crippen molar-refractivity contribution >= 4 is 13.8 Å². The molecule has 2 unspecified atom stereocenters. The van der Waals surface area contributed by atoms with Gasteiger partial charge in [0.15, 0.2) is 0 Å². The van der Waals surface area contributed by atoms with Crippen molar-refractivity contribution in [1.82, 2.24) is 0 Å². The predicted octanol–water partition coefficient (Wildman–Crippen LogP) is 17.6. The molecule has 2 atom stereocenters. The molecule has 9 heteroatoms. The molecule has 67 heavy (non-hydrogen) atoms. The highest BCUT2D eigenvalue weighted by Crippen LogP contribution is 2.43. The Morgan fingerprint density at radius 2 is 0.866 bits per heavy atom. The predicted molar refractivity (Wildman–Crippen MR) is 289 cm³/mol. The van der Waals surface area contributed by atoms with Crippen molar-refractivity contribution in [1.29, 1.82) is 0 Å². The average molecular weight is 963 g/mol. The smallest absolute Gasteiger partial charge is 0.457 e. The highest BCUT2D eigenvalue weighted by Gasteiger charge is 2.26. The van der Waals surface area contributed by atoms with Crippen molar-refractivity contribution in [3.8, 4) is 0 Å². The Morgan fingerprint density at radius 3 is 1.30 bits per heavy atom. The third kappa shape index (κ3) is 55.0. The number of likely N-dealkylation sites (N-methyl/N-ethyl adjacent to an activating group) is 1. The van der Waals surface area contributed by atoms with Crippen LogP contribution in [0, 0.1) is 0 Å². The van der Waals surface area contributed by atoms with E-state index in [0.717, 1.165) is 64.2 Å². The Labute approximate surface area is 415 Å². The molecule has 0 aromatic carbocycles. The van der Waals surface area contributed by atoms with Crippen molar-refractivity contribution in [3.63, 3.8) is 0 Å². The fourth-order valence-corrected chi connectivity index (χ4v) is 8.56. The molecule has 0 amide bonds. The average Bonchev–Trinajstić information content (AvgIpc) is 3.29. The van der Waals surface area contributed by atoms with Gasteiger partial charge in [-0.05, 0) is 57.8 Å². The Morgan fingerprint density at radius 1 is 0.478 bits per heavy atom. The summed E-state index contributed by atoms with van der Waals surface area (Å²) in [5, 5.41) is 0. The Kier molecular flexibility index (Phi) is 49.2. The van der Waals surface area contributed by atoms with E-state index in [4.69, 9.17) is 18.5 Å². The number of esters is 1. The van der Waals surface area contributed by atoms with E-state index in [1.165, 1.54) is 161 Å². The third-order valence-electron chi connectivity index (χ3n) is 12.1. The van der Waals surface area contributed by atoms with Gasteiger partial charge in [0.05, 0.1) is 34.4 Å². The molecule has 1 N–H and O–H groups in total. The zero-order chi connectivity index (χ0) is 49.0. The summed E-state index contributed by atoms with van der Waals surface area (Å²) in [5.74, 6) is -0.312. The molecule has 8 nitrogen and oxygen atoms in total. The molecular weight excluding hydrogens is 854 g/mol. The van der Waals surface area contributed by atoms with Crippen molar-refractivity contribution in [3.05, 3.63) is 60.8 Å². The molecule has 0 bridgehead atoms. The third-order valence-corrected chi connectivity index (χ3v) is 13.1. The summed E-state index contributed by atoms with van der Waals surface area (Å²) in [4.78, 5) is 23.1. The van der Waals surface area contributed by atoms with E-state index in [1.807, 2.05) is 21.1 Å². The van der Waals surface area contributed by atoms with Crippen LogP contribution in [0.3, 0.4) is 0 Å². The van der Waals surface area contributed by atoms with Gasteiger partial charge in [-0.25, -0.2) is 4.57 Å². The molecule has 0 aromatic heterocycles. The largest absolute Gasteiger partial charge is 0.472 e. The van der Waals surface area contributed by atoms with Crippen molar-refractivity contribution in [2.75, 3.05) is 54.1 Å². The van der Waals surface area contributed by atoms with Gasteiger partial charge in [-0.3, -0.25) is 13.8 Å². The summed E-state index contributed by atoms with van der Waals surface area (Å²) in [6.07, 6.45) is 65.6. The number of hydrogen-bond donors (Lipinski definition) is 1. The van der Waals surface area contributed by atoms with Crippen LogP contribution in [0.1, 0.15) is 245 Å². The lowest BCUT2D eigenvalue weighted by Gasteiger charge is -2.24. The molecule has 0 aromatic rings. The molecule has 0 fully saturated rings. The van der Waals surface area contributed by atoms with Gasteiger partial charge in [0.25, 0.3) is 0 Å². The molecule has 392 valence electrons. The minimum Gasteiger partial charge on any atom is -0.457 e. The second-order valence-corrected chi connectivity index (χ2v) is 21.4. The monoisotopic (exact) mass is 963 g/mol. The lowest BCUT2D eigenvalue weighted by Crippen LogP contribution is -2.37. The maximum absolute atomic E-state index is 12.8. The number of phosphoric acid groups is 1. The second kappa shape index (κ2) is 50.6. The highest BCUT2D eigenvalue weighted by molar-refractivity contribution is 7.47. The number of ether oxygens (including phenoxy) is 2. The van der Waals surface area contributed by atoms with Gasteiger partial charge >= 0.3 is 13.8 Å². The number of allylic oxidation sites excluding steroid dienone is 10. The topological polar surface area (TPSA) is 91.3 Å². The molecule has 0 aliphatic carbocycles. The van der Waals surface area contributed by atoms with E-state index < -0.39 is 13.9 Å². The number of rotatable bonds is 52. The van der Waals surface area contributed by atoms with Crippen molar-refractivity contribution in [2.45, 2.75) is 251 Å². The molecule has 0 saturated heterocycles. The highest BCUT2D eigenvalue weighted by atomic mass is 31.2. The van der Waals surface area contributed by atoms with E-state index in [1.54, 1.807) is 0 Å². The first-order valence-electron chi connectivity index (χ1n) is 28.0. The maximum atomic E-state index is 12.8. The summed E-state index contributed by atoms with van der Waals surface area (Å²) < 4.78 is 35.2. The second-order valence-electron chi connectivity index (χ2n) is 19.9. The number of nitrogens with zero attached hydrogens (tertiary/aromatic N) is 1. The summed E-state index contributed by atoms with van der Waals surface area (Å²) in [7, 11) is 1.67. The molecule has 0 aliphatic heterocycles. The zero-order valence-corrected chi connectivity index (χ0v) is 45.5. The summed E-state index contributed by atoms with van der Waals surface area (Å²) in [6, 6.07) is 0. The zero-order valence-electron chi connectivity index (χ0n) is 44.6. The fourth-order valence-electron chi connectivity index (χ4n) is 7.82. The maximum Gasteiger partial charge on any atom is 0.472 e. The number of phosphoric ester groups is 1. The quantitative estimate of drug-likeness (QED) is 0.0213. The first kappa shape index (κ1) is 65.2. The SMILES string of the molecule is CC/C=C\C/C=C\C/C=C\C/C=C\C/C=C\CCCCCCCCCCCCOCC(COP(=O)(O)OCC[N+](C)(C)C)OC(=O)CCCCCCCCCCCCCCCCCCCCC. The summed E-state index contributed by atoms with van der Waals surface area (Å²) >= 11 is 0. The van der Waals surface area contributed by atoms with Gasteiger partial charge in [0.2, 0.25) is 0 Å². The standard InChI is InChI=1S/C58H108NO7P/c1-6-8-10-12-14-16-18-20-22-24-26-27-28-29-30-31-32-34-36-38-40-42-44-46-48-50-53-63-55-57(56-65-67(61,62)64-54-52-59(3,4)5)66-58(60)51-49-47-45-43-41-39-37-35-33-25-23-21-19-17-15-13-11-9-7-2/h8,10,14,16,20,22,26-27,29-30,57H,6-7,9,11-13,15,17-19,21,23-25,28,31-56H2,1-5H3/p+1/b10-8-,16-14-,22-20-,27-26-,30-29-. The number of carbonyl (C=O) groups excluding carboxylic acids is 1. The number of unbranched alkanes of at least 4 members (excludes halogenated alkanes) is 28. The van der Waals surface area contributed by atoms with Crippen LogP contribution in [-0.2, 0) is 27.9 Å². The first-order chi connectivity index (χ1) is 32.6. The van der Waals surface area contributed by atoms with Crippen LogP contribution in [0.2, 0.25) is 0 Å². The fraction of sp³-hybridized carbons (Fsp3) is 0.810. The minimum absolute atomic E-state index is 0.0874.